The van der Waals surface area contributed by atoms with E-state index in [4.69, 9.17) is 0 Å². The molecular weight excluding hydrogens is 340 g/mol. The number of aryl methyl sites for hydroxylation is 1. The van der Waals surface area contributed by atoms with Gasteiger partial charge < -0.3 is 14.8 Å². The van der Waals surface area contributed by atoms with E-state index in [-0.39, 0.29) is 5.91 Å². The molecule has 3 heterocycles. The lowest BCUT2D eigenvalue weighted by atomic mass is 9.92. The van der Waals surface area contributed by atoms with Crippen LogP contribution in [0.4, 0.5) is 0 Å². The number of piperidine rings is 1. The zero-order valence-electron chi connectivity index (χ0n) is 16.4. The average Bonchev–Trinajstić information content (AvgIpc) is 3.08. The summed E-state index contributed by atoms with van der Waals surface area (Å²) in [5.74, 6) is 1.24. The fourth-order valence-corrected chi connectivity index (χ4v) is 3.42. The first-order valence-electron chi connectivity index (χ1n) is 9.45. The summed E-state index contributed by atoms with van der Waals surface area (Å²) in [5, 5.41) is 0. The molecular formula is C20H28N6O. The average molecular weight is 368 g/mol. The van der Waals surface area contributed by atoms with E-state index in [0.717, 1.165) is 61.8 Å². The molecule has 1 N–H and O–H groups in total. The van der Waals surface area contributed by atoms with Gasteiger partial charge in [-0.15, -0.1) is 0 Å². The highest BCUT2D eigenvalue weighted by Gasteiger charge is 2.24. The summed E-state index contributed by atoms with van der Waals surface area (Å²) >= 11 is 0. The van der Waals surface area contributed by atoms with Gasteiger partial charge in [0, 0.05) is 50.0 Å². The first-order chi connectivity index (χ1) is 13.0. The second kappa shape index (κ2) is 8.90. The fourth-order valence-electron chi connectivity index (χ4n) is 3.42. The van der Waals surface area contributed by atoms with Gasteiger partial charge in [0.05, 0.1) is 5.69 Å². The Bertz CT molecular complexity index is 797. The van der Waals surface area contributed by atoms with Crippen molar-refractivity contribution in [3.05, 3.63) is 42.1 Å². The molecule has 2 aromatic heterocycles. The molecule has 1 atom stereocenters. The van der Waals surface area contributed by atoms with Crippen molar-refractivity contribution in [1.29, 1.82) is 0 Å². The number of carbonyl (C=O) groups excluding carboxylic acids is 1. The summed E-state index contributed by atoms with van der Waals surface area (Å²) in [6, 6.07) is 0. The molecule has 0 radical (unpaired) electrons. The number of rotatable bonds is 6. The number of nitrogens with zero attached hydrogens (tertiary/aromatic N) is 5. The van der Waals surface area contributed by atoms with Crippen LogP contribution >= 0.6 is 0 Å². The van der Waals surface area contributed by atoms with E-state index in [1.165, 1.54) is 0 Å². The summed E-state index contributed by atoms with van der Waals surface area (Å²) in [4.78, 5) is 33.1. The lowest BCUT2D eigenvalue weighted by Gasteiger charge is -2.32. The van der Waals surface area contributed by atoms with Crippen LogP contribution in [-0.4, -0.2) is 69.4 Å². The fraction of sp³-hybridized carbons (Fsp3) is 0.500. The third-order valence-corrected chi connectivity index (χ3v) is 4.74. The zero-order chi connectivity index (χ0) is 19.2. The van der Waals surface area contributed by atoms with E-state index in [1.54, 1.807) is 24.7 Å². The Morgan fingerprint density at radius 2 is 2.15 bits per heavy atom. The topological polar surface area (TPSA) is 78.0 Å². The number of likely N-dealkylation sites (tertiary alicyclic amines) is 1. The first kappa shape index (κ1) is 19.2. The molecule has 0 spiro atoms. The smallest absolute Gasteiger partial charge is 0.246 e. The molecule has 3 rings (SSSR count). The van der Waals surface area contributed by atoms with Crippen LogP contribution in [0.25, 0.3) is 11.5 Å². The molecule has 0 saturated carbocycles. The number of H-pyrrole nitrogens is 1. The molecule has 1 unspecified atom stereocenters. The van der Waals surface area contributed by atoms with Gasteiger partial charge in [-0.2, -0.15) is 0 Å². The molecule has 7 nitrogen and oxygen atoms in total. The van der Waals surface area contributed by atoms with Gasteiger partial charge >= 0.3 is 0 Å². The van der Waals surface area contributed by atoms with Crippen molar-refractivity contribution in [3.8, 4) is 11.5 Å². The van der Waals surface area contributed by atoms with Gasteiger partial charge in [-0.1, -0.05) is 6.08 Å². The van der Waals surface area contributed by atoms with Gasteiger partial charge in [0.2, 0.25) is 5.91 Å². The van der Waals surface area contributed by atoms with Crippen molar-refractivity contribution < 1.29 is 4.79 Å². The summed E-state index contributed by atoms with van der Waals surface area (Å²) < 4.78 is 0. The second-order valence-corrected chi connectivity index (χ2v) is 7.43. The first-order valence-corrected chi connectivity index (χ1v) is 9.45. The van der Waals surface area contributed by atoms with Crippen LogP contribution < -0.4 is 0 Å². The van der Waals surface area contributed by atoms with Crippen LogP contribution in [0.1, 0.15) is 24.2 Å². The normalized spacial score (nSPS) is 17.8. The third-order valence-electron chi connectivity index (χ3n) is 4.74. The summed E-state index contributed by atoms with van der Waals surface area (Å²) in [6.07, 6.45) is 11.8. The highest BCUT2D eigenvalue weighted by atomic mass is 16.2. The maximum absolute atomic E-state index is 12.4. The van der Waals surface area contributed by atoms with Gasteiger partial charge in [0.25, 0.3) is 0 Å². The van der Waals surface area contributed by atoms with Crippen LogP contribution in [0.2, 0.25) is 0 Å². The van der Waals surface area contributed by atoms with Crippen molar-refractivity contribution in [3.63, 3.8) is 0 Å². The van der Waals surface area contributed by atoms with Crippen LogP contribution in [-0.2, 0) is 11.2 Å². The maximum atomic E-state index is 12.4. The summed E-state index contributed by atoms with van der Waals surface area (Å²) in [6.45, 7) is 4.33. The Hall–Kier alpha value is -2.54. The van der Waals surface area contributed by atoms with Crippen molar-refractivity contribution >= 4 is 5.91 Å². The maximum Gasteiger partial charge on any atom is 0.246 e. The lowest BCUT2D eigenvalue weighted by molar-refractivity contribution is -0.127. The minimum absolute atomic E-state index is 0.0996. The molecule has 27 heavy (non-hydrogen) atoms. The highest BCUT2D eigenvalue weighted by Crippen LogP contribution is 2.24. The number of hydrogen-bond acceptors (Lipinski definition) is 5. The molecule has 1 aliphatic rings. The van der Waals surface area contributed by atoms with Crippen LogP contribution in [0.15, 0.2) is 30.7 Å². The number of carbonyl (C=O) groups is 1. The van der Waals surface area contributed by atoms with E-state index < -0.39 is 0 Å². The Labute approximate surface area is 160 Å². The van der Waals surface area contributed by atoms with E-state index >= 15 is 0 Å². The van der Waals surface area contributed by atoms with Gasteiger partial charge in [-0.3, -0.25) is 9.78 Å². The molecule has 1 fully saturated rings. The molecule has 2 aromatic rings. The monoisotopic (exact) mass is 368 g/mol. The molecule has 1 saturated heterocycles. The molecule has 0 aliphatic carbocycles. The minimum atomic E-state index is 0.0996. The molecule has 0 bridgehead atoms. The van der Waals surface area contributed by atoms with Gasteiger partial charge in [-0.25, -0.2) is 9.97 Å². The number of amides is 1. The van der Waals surface area contributed by atoms with Crippen LogP contribution in [0.5, 0.6) is 0 Å². The Morgan fingerprint density at radius 3 is 2.89 bits per heavy atom. The zero-order valence-corrected chi connectivity index (χ0v) is 16.4. The lowest BCUT2D eigenvalue weighted by Crippen LogP contribution is -2.39. The Kier molecular flexibility index (Phi) is 6.34. The Balaban J connectivity index is 1.66. The minimum Gasteiger partial charge on any atom is -0.341 e. The van der Waals surface area contributed by atoms with Crippen LogP contribution in [0, 0.1) is 12.8 Å². The number of aromatic nitrogens is 4. The third kappa shape index (κ3) is 5.23. The SMILES string of the molecule is Cc1cnc(-c2nccnc2CC2CCCN(C(=O)/C=C/CN(C)C)C2)[nH]1. The molecule has 1 amide bonds. The highest BCUT2D eigenvalue weighted by molar-refractivity contribution is 5.87. The molecule has 7 heteroatoms. The van der Waals surface area contributed by atoms with E-state index in [2.05, 4.69) is 19.9 Å². The largest absolute Gasteiger partial charge is 0.341 e. The van der Waals surface area contributed by atoms with Crippen molar-refractivity contribution in [2.24, 2.45) is 5.92 Å². The second-order valence-electron chi connectivity index (χ2n) is 7.43. The van der Waals surface area contributed by atoms with Crippen molar-refractivity contribution in [2.75, 3.05) is 33.7 Å². The van der Waals surface area contributed by atoms with Gasteiger partial charge in [-0.05, 0) is 46.2 Å². The Morgan fingerprint density at radius 1 is 1.33 bits per heavy atom. The van der Waals surface area contributed by atoms with E-state index in [0.29, 0.717) is 5.92 Å². The summed E-state index contributed by atoms with van der Waals surface area (Å²) in [5.41, 5.74) is 2.75. The number of hydrogen-bond donors (Lipinski definition) is 1. The number of likely N-dealkylation sites (N-methyl/N-ethyl adjacent to an activating group) is 1. The molecule has 144 valence electrons. The van der Waals surface area contributed by atoms with Crippen molar-refractivity contribution in [2.45, 2.75) is 26.2 Å². The van der Waals surface area contributed by atoms with Crippen molar-refractivity contribution in [1.82, 2.24) is 29.7 Å². The predicted molar refractivity (Wildman–Crippen MR) is 105 cm³/mol. The summed E-state index contributed by atoms with van der Waals surface area (Å²) in [7, 11) is 3.98. The number of nitrogens with one attached hydrogen (secondary N) is 1. The van der Waals surface area contributed by atoms with Crippen LogP contribution in [0.3, 0.4) is 0 Å². The quantitative estimate of drug-likeness (QED) is 0.790. The van der Waals surface area contributed by atoms with Gasteiger partial charge in [0.1, 0.15) is 5.69 Å². The standard InChI is InChI=1S/C20H28N6O/c1-15-13-23-20(24-15)19-17(21-8-9-22-19)12-16-6-4-11-26(14-16)18(27)7-5-10-25(2)3/h5,7-9,13,16H,4,6,10-12,14H2,1-3H3,(H,23,24)/b7-5+. The number of imidazole rings is 1. The van der Waals surface area contributed by atoms with E-state index in [9.17, 15) is 4.79 Å². The number of aromatic amines is 1. The predicted octanol–water partition coefficient (Wildman–Crippen LogP) is 2.07. The van der Waals surface area contributed by atoms with E-state index in [1.807, 2.05) is 36.9 Å². The molecule has 1 aliphatic heterocycles. The molecule has 0 aromatic carbocycles. The van der Waals surface area contributed by atoms with Gasteiger partial charge in [0.15, 0.2) is 5.82 Å².